The van der Waals surface area contributed by atoms with Gasteiger partial charge in [-0.2, -0.15) is 0 Å². The zero-order chi connectivity index (χ0) is 23.3. The first-order chi connectivity index (χ1) is 15.8. The monoisotopic (exact) mass is 492 g/mol. The summed E-state index contributed by atoms with van der Waals surface area (Å²) in [6.07, 6.45) is 1.34. The number of likely N-dealkylation sites (tertiary alicyclic amines) is 1. The van der Waals surface area contributed by atoms with Crippen LogP contribution in [0.15, 0.2) is 21.9 Å². The average molecular weight is 493 g/mol. The van der Waals surface area contributed by atoms with Gasteiger partial charge in [0.05, 0.1) is 18.5 Å². The Balaban J connectivity index is 1.24. The van der Waals surface area contributed by atoms with Crippen molar-refractivity contribution < 1.29 is 19.5 Å². The van der Waals surface area contributed by atoms with Crippen molar-refractivity contribution in [2.24, 2.45) is 16.8 Å². The van der Waals surface area contributed by atoms with Gasteiger partial charge in [-0.1, -0.05) is 18.7 Å². The number of amides is 2. The normalized spacial score (nSPS) is 27.8. The van der Waals surface area contributed by atoms with Crippen molar-refractivity contribution >= 4 is 46.5 Å². The molecule has 2 fully saturated rings. The van der Waals surface area contributed by atoms with Crippen molar-refractivity contribution in [3.8, 4) is 0 Å². The van der Waals surface area contributed by atoms with E-state index in [1.54, 1.807) is 30.4 Å². The SMILES string of the molecule is CC(NC(=O)Cn1cnnn1)[C@H]1C(=O)N2C(C(=O)O)=C(SC3CN(C4=NCCS4)C3)[C@H](C)[C@H]12. The molecule has 0 aliphatic carbocycles. The highest BCUT2D eigenvalue weighted by atomic mass is 32.2. The Morgan fingerprint density at radius 3 is 2.82 bits per heavy atom. The molecule has 0 aromatic carbocycles. The van der Waals surface area contributed by atoms with Crippen LogP contribution in [0.4, 0.5) is 0 Å². The Labute approximate surface area is 198 Å². The first kappa shape index (κ1) is 22.2. The molecule has 1 unspecified atom stereocenters. The molecule has 12 nitrogen and oxygen atoms in total. The van der Waals surface area contributed by atoms with Crippen molar-refractivity contribution in [1.82, 2.24) is 35.3 Å². The zero-order valence-corrected chi connectivity index (χ0v) is 19.8. The van der Waals surface area contributed by atoms with Crippen molar-refractivity contribution in [2.75, 3.05) is 25.4 Å². The maximum Gasteiger partial charge on any atom is 0.353 e. The number of fused-ring (bicyclic) bond motifs is 1. The Bertz CT molecular complexity index is 1040. The van der Waals surface area contributed by atoms with E-state index in [1.165, 1.54) is 15.9 Å². The maximum absolute atomic E-state index is 13.0. The molecule has 1 aromatic heterocycles. The summed E-state index contributed by atoms with van der Waals surface area (Å²) in [5, 5.41) is 24.7. The molecule has 4 atom stereocenters. The second-order valence-corrected chi connectivity index (χ2v) is 11.0. The van der Waals surface area contributed by atoms with Crippen molar-refractivity contribution in [1.29, 1.82) is 0 Å². The summed E-state index contributed by atoms with van der Waals surface area (Å²) in [4.78, 5) is 46.3. The van der Waals surface area contributed by atoms with Crippen molar-refractivity contribution in [3.63, 3.8) is 0 Å². The number of hydrogen-bond donors (Lipinski definition) is 2. The molecule has 2 amide bonds. The van der Waals surface area contributed by atoms with Gasteiger partial charge in [-0.3, -0.25) is 14.6 Å². The van der Waals surface area contributed by atoms with Crippen LogP contribution in [-0.4, -0.2) is 101 Å². The van der Waals surface area contributed by atoms with Gasteiger partial charge >= 0.3 is 5.97 Å². The number of thioether (sulfide) groups is 2. The quantitative estimate of drug-likeness (QED) is 0.476. The second kappa shape index (κ2) is 8.63. The minimum atomic E-state index is -1.08. The minimum Gasteiger partial charge on any atom is -0.477 e. The molecular weight excluding hydrogens is 468 g/mol. The topological polar surface area (TPSA) is 146 Å². The number of nitrogens with one attached hydrogen (secondary N) is 1. The number of hydrogen-bond acceptors (Lipinski definition) is 10. The molecule has 5 rings (SSSR count). The summed E-state index contributed by atoms with van der Waals surface area (Å²) in [6.45, 7) is 6.20. The van der Waals surface area contributed by atoms with Gasteiger partial charge < -0.3 is 20.2 Å². The highest BCUT2D eigenvalue weighted by molar-refractivity contribution is 8.14. The van der Waals surface area contributed by atoms with Crippen LogP contribution in [0.1, 0.15) is 13.8 Å². The number of β-lactam (4-membered cyclic amide) rings is 1. The van der Waals surface area contributed by atoms with Gasteiger partial charge in [0.2, 0.25) is 11.8 Å². The van der Waals surface area contributed by atoms with Crippen LogP contribution in [0.3, 0.4) is 0 Å². The molecule has 2 saturated heterocycles. The van der Waals surface area contributed by atoms with Gasteiger partial charge in [-0.15, -0.1) is 16.9 Å². The van der Waals surface area contributed by atoms with Crippen molar-refractivity contribution in [3.05, 3.63) is 16.9 Å². The molecule has 0 bridgehead atoms. The first-order valence-electron chi connectivity index (χ1n) is 10.7. The molecule has 14 heteroatoms. The minimum absolute atomic E-state index is 0.0519. The largest absolute Gasteiger partial charge is 0.477 e. The number of carbonyl (C=O) groups excluding carboxylic acids is 2. The van der Waals surface area contributed by atoms with Crippen LogP contribution < -0.4 is 5.32 Å². The molecule has 1 aromatic rings. The van der Waals surface area contributed by atoms with E-state index in [9.17, 15) is 19.5 Å². The summed E-state index contributed by atoms with van der Waals surface area (Å²) >= 11 is 3.33. The fraction of sp³-hybridized carbons (Fsp3) is 0.632. The third kappa shape index (κ3) is 3.88. The summed E-state index contributed by atoms with van der Waals surface area (Å²) in [6, 6.07) is -0.721. The number of carboxylic acids is 1. The van der Waals surface area contributed by atoms with Crippen LogP contribution in [0.5, 0.6) is 0 Å². The third-order valence-corrected chi connectivity index (χ3v) is 8.88. The van der Waals surface area contributed by atoms with Crippen molar-refractivity contribution in [2.45, 2.75) is 37.7 Å². The average Bonchev–Trinajstić information content (AvgIpc) is 3.46. The van der Waals surface area contributed by atoms with E-state index in [0.717, 1.165) is 35.5 Å². The van der Waals surface area contributed by atoms with Gasteiger partial charge in [-0.05, 0) is 17.4 Å². The van der Waals surface area contributed by atoms with Crippen LogP contribution in [0.25, 0.3) is 0 Å². The van der Waals surface area contributed by atoms with E-state index in [2.05, 4.69) is 30.7 Å². The number of rotatable bonds is 7. The smallest absolute Gasteiger partial charge is 0.353 e. The number of tetrazole rings is 1. The Morgan fingerprint density at radius 2 is 2.18 bits per heavy atom. The Hall–Kier alpha value is -2.61. The summed E-state index contributed by atoms with van der Waals surface area (Å²) in [7, 11) is 0. The number of carbonyl (C=O) groups is 3. The molecule has 2 N–H and O–H groups in total. The lowest BCUT2D eigenvalue weighted by molar-refractivity contribution is -0.158. The standard InChI is InChI=1S/C19H24N8O4S2/c1-9-14-13(10(2)22-12(28)7-26-8-21-23-24-26)17(29)27(14)15(18(30)31)16(9)33-11-5-25(6-11)19-20-3-4-32-19/h8-11,13-14H,3-7H2,1-2H3,(H,22,28)(H,30,31)/t9-,10?,13-,14-/m1/s1. The lowest BCUT2D eigenvalue weighted by Gasteiger charge is -2.47. The molecule has 176 valence electrons. The molecule has 0 radical (unpaired) electrons. The van der Waals surface area contributed by atoms with E-state index < -0.39 is 17.9 Å². The van der Waals surface area contributed by atoms with Gasteiger partial charge in [-0.25, -0.2) is 9.48 Å². The second-order valence-electron chi connectivity index (χ2n) is 8.55. The molecular formula is C19H24N8O4S2. The highest BCUT2D eigenvalue weighted by Crippen LogP contribution is 2.52. The van der Waals surface area contributed by atoms with Gasteiger partial charge in [0.25, 0.3) is 0 Å². The summed E-state index contributed by atoms with van der Waals surface area (Å²) < 4.78 is 1.30. The summed E-state index contributed by atoms with van der Waals surface area (Å²) in [5.41, 5.74) is 0.0944. The van der Waals surface area contributed by atoms with E-state index in [0.29, 0.717) is 0 Å². The first-order valence-corrected chi connectivity index (χ1v) is 12.6. The van der Waals surface area contributed by atoms with Gasteiger partial charge in [0.1, 0.15) is 18.6 Å². The van der Waals surface area contributed by atoms with Crippen LogP contribution >= 0.6 is 23.5 Å². The molecule has 33 heavy (non-hydrogen) atoms. The van der Waals surface area contributed by atoms with Crippen LogP contribution in [-0.2, 0) is 20.9 Å². The molecule has 4 aliphatic rings. The zero-order valence-electron chi connectivity index (χ0n) is 18.1. The Morgan fingerprint density at radius 1 is 1.39 bits per heavy atom. The molecule has 0 spiro atoms. The molecule has 0 saturated carbocycles. The number of aliphatic carboxylic acids is 1. The lowest BCUT2D eigenvalue weighted by Crippen LogP contribution is -2.66. The third-order valence-electron chi connectivity index (χ3n) is 6.40. The van der Waals surface area contributed by atoms with Gasteiger partial charge in [0, 0.05) is 41.0 Å². The molecule has 5 heterocycles. The number of carboxylic acid groups (broad SMARTS) is 1. The maximum atomic E-state index is 13.0. The Kier molecular flexibility index (Phi) is 5.80. The van der Waals surface area contributed by atoms with Crippen LogP contribution in [0.2, 0.25) is 0 Å². The fourth-order valence-corrected chi connectivity index (χ4v) is 7.25. The number of amidine groups is 1. The van der Waals surface area contributed by atoms with E-state index in [-0.39, 0.29) is 41.3 Å². The fourth-order valence-electron chi connectivity index (χ4n) is 4.85. The molecule has 4 aliphatic heterocycles. The van der Waals surface area contributed by atoms with E-state index >= 15 is 0 Å². The number of nitrogens with zero attached hydrogens (tertiary/aromatic N) is 7. The number of aromatic nitrogens is 4. The predicted octanol–water partition coefficient (Wildman–Crippen LogP) is -0.529. The van der Waals surface area contributed by atoms with Gasteiger partial charge in [0.15, 0.2) is 5.17 Å². The van der Waals surface area contributed by atoms with E-state index in [4.69, 9.17) is 0 Å². The van der Waals surface area contributed by atoms with Crippen LogP contribution in [0, 0.1) is 11.8 Å². The number of aliphatic imine (C=N–C) groups is 1. The predicted molar refractivity (Wildman–Crippen MR) is 121 cm³/mol. The van der Waals surface area contributed by atoms with E-state index in [1.807, 2.05) is 6.92 Å². The summed E-state index contributed by atoms with van der Waals surface area (Å²) in [5.74, 6) is -1.24. The lowest BCUT2D eigenvalue weighted by atomic mass is 9.78. The highest BCUT2D eigenvalue weighted by Gasteiger charge is 2.60.